The van der Waals surface area contributed by atoms with Crippen LogP contribution in [0.1, 0.15) is 16.1 Å². The number of fused-ring (bicyclic) bond motifs is 2. The van der Waals surface area contributed by atoms with Gasteiger partial charge in [0.25, 0.3) is 0 Å². The summed E-state index contributed by atoms with van der Waals surface area (Å²) in [6, 6.07) is 23.8. The van der Waals surface area contributed by atoms with Gasteiger partial charge >= 0.3 is 0 Å². The number of halogens is 1. The van der Waals surface area contributed by atoms with Crippen molar-refractivity contribution in [1.82, 2.24) is 19.7 Å². The minimum atomic E-state index is -0.192. The molecule has 0 saturated carbocycles. The normalized spacial score (nSPS) is 11.2. The molecule has 28 heavy (non-hydrogen) atoms. The van der Waals surface area contributed by atoms with Gasteiger partial charge in [-0.2, -0.15) is 5.10 Å². The second-order valence-electron chi connectivity index (χ2n) is 6.32. The van der Waals surface area contributed by atoms with E-state index in [4.69, 9.17) is 21.6 Å². The third-order valence-corrected chi connectivity index (χ3v) is 4.75. The first-order chi connectivity index (χ1) is 13.7. The van der Waals surface area contributed by atoms with Crippen molar-refractivity contribution in [2.45, 2.75) is 0 Å². The van der Waals surface area contributed by atoms with Gasteiger partial charge in [0.05, 0.1) is 16.7 Å². The fourth-order valence-corrected chi connectivity index (χ4v) is 3.26. The highest BCUT2D eigenvalue weighted by molar-refractivity contribution is 6.30. The van der Waals surface area contributed by atoms with Gasteiger partial charge in [-0.25, -0.2) is 14.6 Å². The molecule has 0 aliphatic rings. The third kappa shape index (κ3) is 2.73. The molecular formula is C22H13ClN4O. The molecule has 134 valence electrons. The lowest BCUT2D eigenvalue weighted by molar-refractivity contribution is 0.103. The van der Waals surface area contributed by atoms with E-state index in [0.717, 1.165) is 11.2 Å². The number of para-hydroxylation sites is 2. The molecule has 0 bridgehead atoms. The molecule has 0 spiro atoms. The van der Waals surface area contributed by atoms with E-state index >= 15 is 0 Å². The van der Waals surface area contributed by atoms with Crippen LogP contribution in [0, 0.1) is 0 Å². The molecule has 2 aromatic heterocycles. The highest BCUT2D eigenvalue weighted by Gasteiger charge is 2.22. The number of carbonyl (C=O) groups excluding carboxylic acids is 1. The maximum absolute atomic E-state index is 13.1. The summed E-state index contributed by atoms with van der Waals surface area (Å²) >= 11 is 6.02. The van der Waals surface area contributed by atoms with Crippen molar-refractivity contribution in [3.8, 4) is 5.69 Å². The average Bonchev–Trinajstić information content (AvgIpc) is 3.11. The molecule has 6 heteroatoms. The highest BCUT2D eigenvalue weighted by Crippen LogP contribution is 2.24. The van der Waals surface area contributed by atoms with Gasteiger partial charge in [-0.15, -0.1) is 0 Å². The van der Waals surface area contributed by atoms with Crippen molar-refractivity contribution in [2.24, 2.45) is 0 Å². The van der Waals surface area contributed by atoms with Gasteiger partial charge in [-0.3, -0.25) is 4.79 Å². The zero-order chi connectivity index (χ0) is 19.1. The molecular weight excluding hydrogens is 372 g/mol. The summed E-state index contributed by atoms with van der Waals surface area (Å²) in [4.78, 5) is 22.6. The van der Waals surface area contributed by atoms with Gasteiger partial charge in [0, 0.05) is 10.6 Å². The topological polar surface area (TPSA) is 60.7 Å². The number of nitrogens with zero attached hydrogens (tertiary/aromatic N) is 4. The Morgan fingerprint density at radius 3 is 2.14 bits per heavy atom. The molecule has 5 nitrogen and oxygen atoms in total. The first-order valence-electron chi connectivity index (χ1n) is 8.72. The fourth-order valence-electron chi connectivity index (χ4n) is 3.13. The van der Waals surface area contributed by atoms with Crippen LogP contribution in [0.2, 0.25) is 5.02 Å². The monoisotopic (exact) mass is 384 g/mol. The second kappa shape index (κ2) is 6.55. The Kier molecular flexibility index (Phi) is 3.88. The van der Waals surface area contributed by atoms with Crippen molar-refractivity contribution < 1.29 is 4.79 Å². The van der Waals surface area contributed by atoms with E-state index in [2.05, 4.69) is 5.10 Å². The van der Waals surface area contributed by atoms with E-state index in [0.29, 0.717) is 27.3 Å². The van der Waals surface area contributed by atoms with Gasteiger partial charge in [-0.05, 0) is 36.4 Å². The molecule has 0 unspecified atom stereocenters. The minimum Gasteiger partial charge on any atom is -0.287 e. The summed E-state index contributed by atoms with van der Waals surface area (Å²) in [5.74, 6) is -0.192. The van der Waals surface area contributed by atoms with Crippen LogP contribution >= 0.6 is 11.6 Å². The Morgan fingerprint density at radius 1 is 0.786 bits per heavy atom. The van der Waals surface area contributed by atoms with Crippen LogP contribution in [-0.4, -0.2) is 25.5 Å². The Bertz CT molecular complexity index is 1330. The van der Waals surface area contributed by atoms with E-state index in [9.17, 15) is 4.79 Å². The molecule has 0 atom stereocenters. The van der Waals surface area contributed by atoms with Crippen LogP contribution in [-0.2, 0) is 0 Å². The molecule has 0 N–H and O–H groups in total. The summed E-state index contributed by atoms with van der Waals surface area (Å²) in [6.45, 7) is 0. The van der Waals surface area contributed by atoms with E-state index < -0.39 is 0 Å². The number of aromatic nitrogens is 4. The summed E-state index contributed by atoms with van der Waals surface area (Å²) in [5.41, 5.74) is 4.04. The molecule has 2 heterocycles. The van der Waals surface area contributed by atoms with Crippen molar-refractivity contribution in [3.63, 3.8) is 0 Å². The Morgan fingerprint density at radius 2 is 1.43 bits per heavy atom. The van der Waals surface area contributed by atoms with Gasteiger partial charge in [0.15, 0.2) is 11.3 Å². The van der Waals surface area contributed by atoms with Crippen LogP contribution < -0.4 is 0 Å². The summed E-state index contributed by atoms with van der Waals surface area (Å²) < 4.78 is 1.64. The van der Waals surface area contributed by atoms with Crippen molar-refractivity contribution in [2.75, 3.05) is 0 Å². The highest BCUT2D eigenvalue weighted by atomic mass is 35.5. The standard InChI is InChI=1S/C22H13ClN4O/c23-15-10-12-16(13-11-15)27-22-20(24-17-8-4-5-9-18(17)25-22)19(26-27)21(28)14-6-2-1-3-7-14/h1-13H. The van der Waals surface area contributed by atoms with Gasteiger partial charge < -0.3 is 0 Å². The number of carbonyl (C=O) groups is 1. The molecule has 0 aliphatic carbocycles. The molecule has 0 aliphatic heterocycles. The molecule has 5 rings (SSSR count). The van der Waals surface area contributed by atoms with E-state index in [-0.39, 0.29) is 11.5 Å². The second-order valence-corrected chi connectivity index (χ2v) is 6.75. The fraction of sp³-hybridized carbons (Fsp3) is 0. The predicted molar refractivity (Wildman–Crippen MR) is 109 cm³/mol. The van der Waals surface area contributed by atoms with Crippen LogP contribution in [0.3, 0.4) is 0 Å². The number of ketones is 1. The zero-order valence-corrected chi connectivity index (χ0v) is 15.3. The van der Waals surface area contributed by atoms with Crippen LogP contribution in [0.4, 0.5) is 0 Å². The molecule has 0 fully saturated rings. The van der Waals surface area contributed by atoms with Gasteiger partial charge in [0.2, 0.25) is 5.78 Å². The Hall–Kier alpha value is -3.57. The minimum absolute atomic E-state index is 0.192. The lowest BCUT2D eigenvalue weighted by atomic mass is 10.1. The first-order valence-corrected chi connectivity index (χ1v) is 9.10. The smallest absolute Gasteiger partial charge is 0.215 e. The van der Waals surface area contributed by atoms with Gasteiger partial charge in [0.1, 0.15) is 5.52 Å². The van der Waals surface area contributed by atoms with Crippen LogP contribution in [0.15, 0.2) is 78.9 Å². The first kappa shape index (κ1) is 16.6. The zero-order valence-electron chi connectivity index (χ0n) is 14.6. The Labute approximate surface area is 165 Å². The third-order valence-electron chi connectivity index (χ3n) is 4.50. The maximum atomic E-state index is 13.1. The SMILES string of the molecule is O=C(c1ccccc1)c1nn(-c2ccc(Cl)cc2)c2nc3ccccc3nc12. The van der Waals surface area contributed by atoms with Crippen molar-refractivity contribution in [3.05, 3.63) is 95.1 Å². The summed E-state index contributed by atoms with van der Waals surface area (Å²) in [7, 11) is 0. The molecule has 0 amide bonds. The quantitative estimate of drug-likeness (QED) is 0.417. The Balaban J connectivity index is 1.81. The molecule has 5 aromatic rings. The summed E-state index contributed by atoms with van der Waals surface area (Å²) in [6.07, 6.45) is 0. The maximum Gasteiger partial charge on any atom is 0.215 e. The number of benzene rings is 3. The largest absolute Gasteiger partial charge is 0.287 e. The predicted octanol–water partition coefficient (Wildman–Crippen LogP) is 4.85. The van der Waals surface area contributed by atoms with E-state index in [1.165, 1.54) is 0 Å². The van der Waals surface area contributed by atoms with Crippen molar-refractivity contribution in [1.29, 1.82) is 0 Å². The van der Waals surface area contributed by atoms with Crippen LogP contribution in [0.25, 0.3) is 27.9 Å². The lowest BCUT2D eigenvalue weighted by Crippen LogP contribution is -2.04. The molecule has 3 aromatic carbocycles. The van der Waals surface area contributed by atoms with Crippen LogP contribution in [0.5, 0.6) is 0 Å². The average molecular weight is 385 g/mol. The number of hydrogen-bond donors (Lipinski definition) is 0. The van der Waals surface area contributed by atoms with E-state index in [1.54, 1.807) is 28.9 Å². The molecule has 0 radical (unpaired) electrons. The van der Waals surface area contributed by atoms with Crippen molar-refractivity contribution >= 4 is 39.6 Å². The molecule has 0 saturated heterocycles. The summed E-state index contributed by atoms with van der Waals surface area (Å²) in [5, 5.41) is 5.21. The van der Waals surface area contributed by atoms with E-state index in [1.807, 2.05) is 54.6 Å². The number of rotatable bonds is 3. The lowest BCUT2D eigenvalue weighted by Gasteiger charge is -2.03. The van der Waals surface area contributed by atoms with Gasteiger partial charge in [-0.1, -0.05) is 54.1 Å². The number of hydrogen-bond acceptors (Lipinski definition) is 4.